The van der Waals surface area contributed by atoms with Crippen molar-refractivity contribution in [3.05, 3.63) is 121 Å². The molecule has 0 saturated heterocycles. The predicted octanol–water partition coefficient (Wildman–Crippen LogP) is 9.04. The maximum Gasteiger partial charge on any atom is 0.0974 e. The lowest BCUT2D eigenvalue weighted by molar-refractivity contribution is 1.23. The molecule has 0 saturated carbocycles. The van der Waals surface area contributed by atoms with Crippen LogP contribution >= 0.6 is 0 Å². The van der Waals surface area contributed by atoms with Crippen molar-refractivity contribution in [2.75, 3.05) is 0 Å². The molecule has 0 spiro atoms. The molecule has 2 nitrogen and oxygen atoms in total. The van der Waals surface area contributed by atoms with E-state index in [1.165, 1.54) is 43.8 Å². The molecule has 2 heteroatoms. The Morgan fingerprint density at radius 3 is 2.06 bits per heavy atom. The first-order chi connectivity index (χ1) is 17.6. The molecule has 7 rings (SSSR count). The Morgan fingerprint density at radius 1 is 0.417 bits per heavy atom. The number of rotatable bonds is 2. The average Bonchev–Trinajstić information content (AvgIpc) is 2.92. The minimum atomic E-state index is 0.967. The van der Waals surface area contributed by atoms with Gasteiger partial charge in [-0.1, -0.05) is 84.9 Å². The summed E-state index contributed by atoms with van der Waals surface area (Å²) in [5, 5.41) is 7.37. The monoisotopic (exact) mass is 460 g/mol. The van der Waals surface area contributed by atoms with E-state index in [0.29, 0.717) is 0 Å². The molecule has 2 heterocycles. The number of aryl methyl sites for hydroxylation is 2. The highest BCUT2D eigenvalue weighted by molar-refractivity contribution is 6.09. The number of hydrogen-bond donors (Lipinski definition) is 0. The number of aromatic nitrogens is 2. The largest absolute Gasteiger partial charge is 0.251 e. The zero-order chi connectivity index (χ0) is 24.2. The van der Waals surface area contributed by atoms with E-state index in [9.17, 15) is 0 Å². The molecule has 0 unspecified atom stereocenters. The van der Waals surface area contributed by atoms with E-state index in [1.807, 2.05) is 6.92 Å². The van der Waals surface area contributed by atoms with Crippen molar-refractivity contribution in [3.8, 4) is 22.3 Å². The first-order valence-electron chi connectivity index (χ1n) is 12.3. The average molecular weight is 461 g/mol. The molecule has 7 aromatic rings. The lowest BCUT2D eigenvalue weighted by Crippen LogP contribution is -1.93. The van der Waals surface area contributed by atoms with Crippen LogP contribution in [0.1, 0.15) is 11.4 Å². The smallest absolute Gasteiger partial charge is 0.0974 e. The third-order valence-corrected chi connectivity index (χ3v) is 7.16. The molecule has 0 radical (unpaired) electrons. The highest BCUT2D eigenvalue weighted by Gasteiger charge is 2.12. The normalized spacial score (nSPS) is 11.6. The molecule has 0 aliphatic rings. The summed E-state index contributed by atoms with van der Waals surface area (Å²) in [6.45, 7) is 4.10. The highest BCUT2D eigenvalue weighted by atomic mass is 14.8. The van der Waals surface area contributed by atoms with Crippen LogP contribution in [0.2, 0.25) is 0 Å². The minimum absolute atomic E-state index is 0.967. The third kappa shape index (κ3) is 3.34. The van der Waals surface area contributed by atoms with Crippen molar-refractivity contribution < 1.29 is 0 Å². The molecule has 2 aromatic heterocycles. The Kier molecular flexibility index (Phi) is 4.62. The first-order valence-corrected chi connectivity index (χ1v) is 12.3. The van der Waals surface area contributed by atoms with Crippen molar-refractivity contribution in [1.82, 2.24) is 9.97 Å². The molecule has 0 amide bonds. The summed E-state index contributed by atoms with van der Waals surface area (Å²) in [7, 11) is 0. The second kappa shape index (κ2) is 8.00. The van der Waals surface area contributed by atoms with Crippen molar-refractivity contribution in [3.63, 3.8) is 0 Å². The van der Waals surface area contributed by atoms with Crippen molar-refractivity contribution >= 4 is 43.4 Å². The first kappa shape index (κ1) is 20.8. The summed E-state index contributed by atoms with van der Waals surface area (Å²) >= 11 is 0. The number of benzene rings is 5. The molecule has 0 aliphatic carbocycles. The molecule has 0 atom stereocenters. The number of nitrogens with zero attached hydrogens (tertiary/aromatic N) is 2. The van der Waals surface area contributed by atoms with Gasteiger partial charge in [0.25, 0.3) is 0 Å². The van der Waals surface area contributed by atoms with E-state index < -0.39 is 0 Å². The van der Waals surface area contributed by atoms with E-state index in [2.05, 4.69) is 116 Å². The van der Waals surface area contributed by atoms with Crippen molar-refractivity contribution in [1.29, 1.82) is 0 Å². The van der Waals surface area contributed by atoms with Gasteiger partial charge in [-0.2, -0.15) is 0 Å². The lowest BCUT2D eigenvalue weighted by atomic mass is 9.94. The van der Waals surface area contributed by atoms with Gasteiger partial charge in [-0.25, -0.2) is 0 Å². The fraction of sp³-hybridized carbons (Fsp3) is 0.0588. The number of hydrogen-bond acceptors (Lipinski definition) is 2. The Balaban J connectivity index is 1.40. The van der Waals surface area contributed by atoms with Crippen molar-refractivity contribution in [2.45, 2.75) is 13.8 Å². The minimum Gasteiger partial charge on any atom is -0.251 e. The highest BCUT2D eigenvalue weighted by Crippen LogP contribution is 2.35. The Morgan fingerprint density at radius 2 is 1.11 bits per heavy atom. The van der Waals surface area contributed by atoms with E-state index in [0.717, 1.165) is 33.2 Å². The van der Waals surface area contributed by atoms with Crippen LogP contribution in [0.15, 0.2) is 109 Å². The summed E-state index contributed by atoms with van der Waals surface area (Å²) in [5.74, 6) is 0. The van der Waals surface area contributed by atoms with Gasteiger partial charge in [-0.15, -0.1) is 0 Å². The topological polar surface area (TPSA) is 25.8 Å². The molecular weight excluding hydrogens is 436 g/mol. The Hall–Kier alpha value is -4.56. The molecule has 5 aromatic carbocycles. The van der Waals surface area contributed by atoms with E-state index in [1.54, 1.807) is 0 Å². The van der Waals surface area contributed by atoms with Gasteiger partial charge in [0.05, 0.1) is 11.0 Å². The molecule has 170 valence electrons. The van der Waals surface area contributed by atoms with Gasteiger partial charge >= 0.3 is 0 Å². The van der Waals surface area contributed by atoms with Crippen LogP contribution in [-0.4, -0.2) is 9.97 Å². The molecule has 0 N–H and O–H groups in total. The van der Waals surface area contributed by atoms with E-state index in [-0.39, 0.29) is 0 Å². The van der Waals surface area contributed by atoms with Gasteiger partial charge in [0.2, 0.25) is 0 Å². The zero-order valence-corrected chi connectivity index (χ0v) is 20.3. The Bertz CT molecular complexity index is 1970. The molecule has 0 fully saturated rings. The lowest BCUT2D eigenvalue weighted by Gasteiger charge is -2.12. The Labute approximate surface area is 209 Å². The van der Waals surface area contributed by atoms with Gasteiger partial charge in [0, 0.05) is 22.2 Å². The summed E-state index contributed by atoms with van der Waals surface area (Å²) < 4.78 is 0. The van der Waals surface area contributed by atoms with Crippen LogP contribution in [0.5, 0.6) is 0 Å². The number of fused-ring (bicyclic) bond motifs is 6. The van der Waals surface area contributed by atoms with Crippen LogP contribution < -0.4 is 0 Å². The van der Waals surface area contributed by atoms with Crippen LogP contribution in [0.4, 0.5) is 0 Å². The maximum atomic E-state index is 4.91. The van der Waals surface area contributed by atoms with Crippen LogP contribution in [0.3, 0.4) is 0 Å². The maximum absolute atomic E-state index is 4.91. The van der Waals surface area contributed by atoms with Gasteiger partial charge in [-0.3, -0.25) is 9.97 Å². The van der Waals surface area contributed by atoms with Crippen LogP contribution in [-0.2, 0) is 0 Å². The summed E-state index contributed by atoms with van der Waals surface area (Å²) in [6, 6.07) is 39.4. The second-order valence-corrected chi connectivity index (χ2v) is 9.60. The number of pyridine rings is 2. The fourth-order valence-electron chi connectivity index (χ4n) is 5.39. The predicted molar refractivity (Wildman–Crippen MR) is 152 cm³/mol. The fourth-order valence-corrected chi connectivity index (χ4v) is 5.39. The standard InChI is InChI=1S/C34H24N2/c1-21-10-11-24-14-17-31-32(18-22(2)36-34(31)33(24)35-21)27-8-5-7-25(19-27)26-15-16-30-28(20-26)13-12-23-6-3-4-9-29(23)30/h3-20H,1-2H3. The van der Waals surface area contributed by atoms with Gasteiger partial charge in [-0.05, 0) is 81.9 Å². The zero-order valence-electron chi connectivity index (χ0n) is 20.3. The molecule has 36 heavy (non-hydrogen) atoms. The quantitative estimate of drug-likeness (QED) is 0.241. The van der Waals surface area contributed by atoms with Gasteiger partial charge in [0.1, 0.15) is 0 Å². The van der Waals surface area contributed by atoms with Gasteiger partial charge < -0.3 is 0 Å². The summed E-state index contributed by atoms with van der Waals surface area (Å²) in [6.07, 6.45) is 0. The molecule has 0 aliphatic heterocycles. The van der Waals surface area contributed by atoms with Gasteiger partial charge in [0.15, 0.2) is 0 Å². The second-order valence-electron chi connectivity index (χ2n) is 9.60. The van der Waals surface area contributed by atoms with Crippen molar-refractivity contribution in [2.24, 2.45) is 0 Å². The molecular formula is C34H24N2. The van der Waals surface area contributed by atoms with Crippen LogP contribution in [0.25, 0.3) is 65.6 Å². The van der Waals surface area contributed by atoms with E-state index in [4.69, 9.17) is 9.97 Å². The van der Waals surface area contributed by atoms with Crippen LogP contribution in [0, 0.1) is 13.8 Å². The summed E-state index contributed by atoms with van der Waals surface area (Å²) in [4.78, 5) is 9.74. The molecule has 0 bridgehead atoms. The SMILES string of the molecule is Cc1ccc2ccc3c(-c4cccc(-c5ccc6c(ccc7ccccc76)c5)c4)cc(C)nc3c2n1. The summed E-state index contributed by atoms with van der Waals surface area (Å²) in [5.41, 5.74) is 8.74. The van der Waals surface area contributed by atoms with E-state index >= 15 is 0 Å². The third-order valence-electron chi connectivity index (χ3n) is 7.16.